The highest BCUT2D eigenvalue weighted by molar-refractivity contribution is 5.72. The molecule has 1 aromatic rings. The number of aromatic nitrogens is 1. The number of nitrogens with zero attached hydrogens (tertiary/aromatic N) is 1. The molecule has 0 saturated carbocycles. The molecule has 0 aliphatic carbocycles. The molecule has 22 heavy (non-hydrogen) atoms. The van der Waals surface area contributed by atoms with Crippen LogP contribution in [0.2, 0.25) is 0 Å². The van der Waals surface area contributed by atoms with Crippen LogP contribution in [0.3, 0.4) is 0 Å². The zero-order valence-electron chi connectivity index (χ0n) is 11.0. The molecule has 1 aromatic heterocycles. The summed E-state index contributed by atoms with van der Waals surface area (Å²) in [5, 5.41) is 0. The molecule has 0 saturated heterocycles. The van der Waals surface area contributed by atoms with E-state index in [0.29, 0.717) is 6.07 Å². The van der Waals surface area contributed by atoms with Gasteiger partial charge in [0.2, 0.25) is 0 Å². The molecule has 0 spiro atoms. The van der Waals surface area contributed by atoms with Crippen molar-refractivity contribution in [2.45, 2.75) is 25.5 Å². The number of nitrogens with two attached hydrogens (primary N) is 1. The summed E-state index contributed by atoms with van der Waals surface area (Å²) in [4.78, 5) is 14.2. The quantitative estimate of drug-likeness (QED) is 0.676. The van der Waals surface area contributed by atoms with Gasteiger partial charge in [0, 0.05) is 18.2 Å². The Morgan fingerprint density at radius 3 is 2.27 bits per heavy atom. The Morgan fingerprint density at radius 2 is 1.86 bits per heavy atom. The van der Waals surface area contributed by atoms with E-state index in [-0.39, 0.29) is 0 Å². The minimum Gasteiger partial charge on any atom is -0.469 e. The fourth-order valence-electron chi connectivity index (χ4n) is 1.56. The first-order valence-electron chi connectivity index (χ1n) is 5.60. The number of pyridine rings is 1. The molecular weight excluding hydrogens is 322 g/mol. The normalized spacial score (nSPS) is 12.2. The van der Waals surface area contributed by atoms with Crippen molar-refractivity contribution in [3.63, 3.8) is 0 Å². The number of carbonyl (C=O) groups excluding carboxylic acids is 1. The Labute approximate surface area is 120 Å². The third-order valence-electron chi connectivity index (χ3n) is 2.39. The SMILES string of the molecule is COC(=O)Cc1cc(OC(F)(F)F)c(CN)c(C(F)(F)F)n1. The van der Waals surface area contributed by atoms with Crippen molar-refractivity contribution in [3.05, 3.63) is 23.0 Å². The second-order valence-corrected chi connectivity index (χ2v) is 3.94. The van der Waals surface area contributed by atoms with Crippen LogP contribution in [0, 0.1) is 0 Å². The van der Waals surface area contributed by atoms with Gasteiger partial charge in [0.25, 0.3) is 0 Å². The van der Waals surface area contributed by atoms with Crippen molar-refractivity contribution in [1.82, 2.24) is 4.98 Å². The van der Waals surface area contributed by atoms with Crippen LogP contribution in [0.15, 0.2) is 6.07 Å². The lowest BCUT2D eigenvalue weighted by atomic mass is 10.1. The van der Waals surface area contributed by atoms with Gasteiger partial charge in [-0.05, 0) is 0 Å². The fourth-order valence-corrected chi connectivity index (χ4v) is 1.56. The Hall–Kier alpha value is -2.04. The smallest absolute Gasteiger partial charge is 0.469 e. The molecule has 0 aromatic carbocycles. The minimum absolute atomic E-state index is 0.571. The van der Waals surface area contributed by atoms with Gasteiger partial charge in [-0.2, -0.15) is 13.2 Å². The van der Waals surface area contributed by atoms with Crippen molar-refractivity contribution in [2.24, 2.45) is 5.73 Å². The number of rotatable bonds is 4. The highest BCUT2D eigenvalue weighted by Crippen LogP contribution is 2.37. The van der Waals surface area contributed by atoms with Crippen LogP contribution in [-0.4, -0.2) is 24.4 Å². The molecule has 2 N–H and O–H groups in total. The molecule has 0 aliphatic heterocycles. The van der Waals surface area contributed by atoms with Gasteiger partial charge in [-0.1, -0.05) is 0 Å². The zero-order chi connectivity index (χ0) is 17.1. The van der Waals surface area contributed by atoms with E-state index >= 15 is 0 Å². The number of carbonyl (C=O) groups is 1. The average Bonchev–Trinajstić information content (AvgIpc) is 2.35. The van der Waals surface area contributed by atoms with Gasteiger partial charge in [0.1, 0.15) is 5.75 Å². The second-order valence-electron chi connectivity index (χ2n) is 3.94. The maximum Gasteiger partial charge on any atom is 0.573 e. The monoisotopic (exact) mass is 332 g/mol. The van der Waals surface area contributed by atoms with E-state index in [4.69, 9.17) is 5.73 Å². The summed E-state index contributed by atoms with van der Waals surface area (Å²) in [5.41, 5.74) is 1.88. The predicted molar refractivity (Wildman–Crippen MR) is 59.5 cm³/mol. The third-order valence-corrected chi connectivity index (χ3v) is 2.39. The Bertz CT molecular complexity index is 556. The summed E-state index contributed by atoms with van der Waals surface area (Å²) in [6.45, 7) is -0.883. The fraction of sp³-hybridized carbons (Fsp3) is 0.455. The number of hydrogen-bond acceptors (Lipinski definition) is 5. The van der Waals surface area contributed by atoms with Gasteiger partial charge < -0.3 is 15.2 Å². The summed E-state index contributed by atoms with van der Waals surface area (Å²) < 4.78 is 83.3. The first kappa shape index (κ1) is 18.0. The van der Waals surface area contributed by atoms with E-state index < -0.39 is 54.2 Å². The van der Waals surface area contributed by atoms with E-state index in [2.05, 4.69) is 14.5 Å². The molecule has 0 atom stereocenters. The molecule has 0 bridgehead atoms. The van der Waals surface area contributed by atoms with Crippen molar-refractivity contribution >= 4 is 5.97 Å². The lowest BCUT2D eigenvalue weighted by molar-refractivity contribution is -0.275. The maximum atomic E-state index is 12.9. The first-order valence-corrected chi connectivity index (χ1v) is 5.60. The van der Waals surface area contributed by atoms with Crippen molar-refractivity contribution in [2.75, 3.05) is 7.11 Å². The van der Waals surface area contributed by atoms with Gasteiger partial charge >= 0.3 is 18.5 Å². The van der Waals surface area contributed by atoms with Gasteiger partial charge in [0.05, 0.1) is 19.2 Å². The van der Waals surface area contributed by atoms with E-state index in [0.717, 1.165) is 7.11 Å². The Kier molecular flexibility index (Phi) is 5.22. The zero-order valence-corrected chi connectivity index (χ0v) is 11.0. The molecule has 124 valence electrons. The van der Waals surface area contributed by atoms with Gasteiger partial charge in [-0.15, -0.1) is 13.2 Å². The largest absolute Gasteiger partial charge is 0.573 e. The number of methoxy groups -OCH3 is 1. The van der Waals surface area contributed by atoms with E-state index in [1.54, 1.807) is 0 Å². The number of alkyl halides is 6. The van der Waals surface area contributed by atoms with E-state index in [1.165, 1.54) is 0 Å². The van der Waals surface area contributed by atoms with Gasteiger partial charge in [0.15, 0.2) is 5.69 Å². The maximum absolute atomic E-state index is 12.9. The molecule has 1 rings (SSSR count). The van der Waals surface area contributed by atoms with Crippen LogP contribution >= 0.6 is 0 Å². The number of hydrogen-bond donors (Lipinski definition) is 1. The first-order chi connectivity index (χ1) is 9.97. The molecule has 0 radical (unpaired) electrons. The van der Waals surface area contributed by atoms with Gasteiger partial charge in [-0.25, -0.2) is 4.98 Å². The molecular formula is C11H10F6N2O3. The van der Waals surface area contributed by atoms with Crippen LogP contribution in [-0.2, 0) is 28.7 Å². The molecule has 0 amide bonds. The minimum atomic E-state index is -5.23. The highest BCUT2D eigenvalue weighted by atomic mass is 19.4. The molecule has 1 heterocycles. The Morgan fingerprint density at radius 1 is 1.27 bits per heavy atom. The summed E-state index contributed by atoms with van der Waals surface area (Å²) >= 11 is 0. The number of esters is 1. The lowest BCUT2D eigenvalue weighted by Crippen LogP contribution is -2.23. The number of ether oxygens (including phenoxy) is 2. The standard InChI is InChI=1S/C11H10F6N2O3/c1-21-8(20)3-5-2-7(22-11(15,16)17)6(4-18)9(19-5)10(12,13)14/h2H,3-4,18H2,1H3. The van der Waals surface area contributed by atoms with Crippen LogP contribution in [0.1, 0.15) is 17.0 Å². The molecule has 11 heteroatoms. The van der Waals surface area contributed by atoms with Crippen molar-refractivity contribution in [1.29, 1.82) is 0 Å². The van der Waals surface area contributed by atoms with Crippen LogP contribution < -0.4 is 10.5 Å². The third kappa shape index (κ3) is 4.76. The number of halogens is 6. The predicted octanol–water partition coefficient (Wildman–Crippen LogP) is 2.17. The second kappa shape index (κ2) is 6.38. The highest BCUT2D eigenvalue weighted by Gasteiger charge is 2.39. The van der Waals surface area contributed by atoms with Gasteiger partial charge in [-0.3, -0.25) is 4.79 Å². The Balaban J connectivity index is 3.44. The summed E-state index contributed by atoms with van der Waals surface area (Å²) in [7, 11) is 0.967. The van der Waals surface area contributed by atoms with Crippen LogP contribution in [0.5, 0.6) is 5.75 Å². The lowest BCUT2D eigenvalue weighted by Gasteiger charge is -2.18. The van der Waals surface area contributed by atoms with Crippen LogP contribution in [0.25, 0.3) is 0 Å². The van der Waals surface area contributed by atoms with Crippen molar-refractivity contribution in [3.8, 4) is 5.75 Å². The van der Waals surface area contributed by atoms with Crippen molar-refractivity contribution < 1.29 is 40.6 Å². The average molecular weight is 332 g/mol. The topological polar surface area (TPSA) is 74.4 Å². The molecule has 0 unspecified atom stereocenters. The summed E-state index contributed by atoms with van der Waals surface area (Å²) in [5.74, 6) is -2.13. The van der Waals surface area contributed by atoms with E-state index in [1.807, 2.05) is 0 Å². The summed E-state index contributed by atoms with van der Waals surface area (Å²) in [6, 6.07) is 0.571. The molecule has 0 fully saturated rings. The van der Waals surface area contributed by atoms with Crippen LogP contribution in [0.4, 0.5) is 26.3 Å². The molecule has 5 nitrogen and oxygen atoms in total. The summed E-state index contributed by atoms with van der Waals surface area (Å²) in [6.07, 6.45) is -11.0. The molecule has 0 aliphatic rings. The van der Waals surface area contributed by atoms with E-state index in [9.17, 15) is 31.1 Å².